The molecule has 0 aromatic heterocycles. The van der Waals surface area contributed by atoms with E-state index in [0.717, 1.165) is 49.4 Å². The predicted octanol–water partition coefficient (Wildman–Crippen LogP) is 5.46. The first-order valence-corrected chi connectivity index (χ1v) is 16.6. The molecule has 0 atom stereocenters. The maximum atomic E-state index is 10.5. The van der Waals surface area contributed by atoms with Crippen molar-refractivity contribution in [3.05, 3.63) is 119 Å². The third-order valence-corrected chi connectivity index (χ3v) is 8.29. The van der Waals surface area contributed by atoms with Crippen LogP contribution in [0, 0.1) is 13.8 Å². The fourth-order valence-electron chi connectivity index (χ4n) is 4.27. The average molecular weight is 627 g/mol. The smallest absolute Gasteiger partial charge is 0.294 e. The van der Waals surface area contributed by atoms with Gasteiger partial charge < -0.3 is 15.4 Å². The molecule has 1 aliphatic heterocycles. The number of hydrogen-bond donors (Lipinski definition) is 3. The lowest BCUT2D eigenvalue weighted by molar-refractivity contribution is 0.307. The van der Waals surface area contributed by atoms with Crippen LogP contribution in [-0.2, 0) is 33.3 Å². The van der Waals surface area contributed by atoms with E-state index in [1.807, 2.05) is 32.0 Å². The van der Waals surface area contributed by atoms with Gasteiger partial charge in [0.25, 0.3) is 20.2 Å². The van der Waals surface area contributed by atoms with Crippen LogP contribution >= 0.6 is 0 Å². The maximum Gasteiger partial charge on any atom is 0.294 e. The molecular formula is C32H38N2O7S2. The van der Waals surface area contributed by atoms with Crippen LogP contribution in [0.1, 0.15) is 28.7 Å². The first-order chi connectivity index (χ1) is 20.4. The van der Waals surface area contributed by atoms with Gasteiger partial charge in [-0.05, 0) is 74.7 Å². The van der Waals surface area contributed by atoms with Gasteiger partial charge in [-0.25, -0.2) is 0 Å². The van der Waals surface area contributed by atoms with Gasteiger partial charge in [0, 0.05) is 13.1 Å². The van der Waals surface area contributed by atoms with Crippen molar-refractivity contribution in [2.45, 2.75) is 43.1 Å². The molecule has 0 saturated heterocycles. The Bertz CT molecular complexity index is 1590. The van der Waals surface area contributed by atoms with Crippen LogP contribution in [0.4, 0.5) is 5.69 Å². The molecule has 4 aromatic carbocycles. The number of hydrogen-bond acceptors (Lipinski definition) is 7. The van der Waals surface area contributed by atoms with E-state index in [1.54, 1.807) is 24.3 Å². The van der Waals surface area contributed by atoms with Crippen molar-refractivity contribution in [3.8, 4) is 5.75 Å². The van der Waals surface area contributed by atoms with Crippen molar-refractivity contribution >= 4 is 25.9 Å². The number of nitrogens with zero attached hydrogens (tertiary/aromatic N) is 1. The van der Waals surface area contributed by atoms with Crippen LogP contribution in [0.15, 0.2) is 107 Å². The fraction of sp³-hybridized carbons (Fsp3) is 0.250. The van der Waals surface area contributed by atoms with Gasteiger partial charge >= 0.3 is 0 Å². The van der Waals surface area contributed by atoms with E-state index in [0.29, 0.717) is 6.61 Å². The lowest BCUT2D eigenvalue weighted by atomic mass is 10.1. The molecule has 43 heavy (non-hydrogen) atoms. The van der Waals surface area contributed by atoms with Gasteiger partial charge in [0.1, 0.15) is 12.4 Å². The van der Waals surface area contributed by atoms with Crippen molar-refractivity contribution in [1.82, 2.24) is 0 Å². The van der Waals surface area contributed by atoms with E-state index in [-0.39, 0.29) is 9.79 Å². The van der Waals surface area contributed by atoms with E-state index in [4.69, 9.17) is 19.6 Å². The lowest BCUT2D eigenvalue weighted by Gasteiger charge is -2.22. The van der Waals surface area contributed by atoms with Gasteiger partial charge in [-0.2, -0.15) is 16.8 Å². The number of fused-ring (bicyclic) bond motifs is 1. The molecule has 230 valence electrons. The normalized spacial score (nSPS) is 12.3. The van der Waals surface area contributed by atoms with Crippen LogP contribution in [0.5, 0.6) is 5.75 Å². The summed E-state index contributed by atoms with van der Waals surface area (Å²) in [5.74, 6) is 0.992. The molecule has 4 aromatic rings. The zero-order valence-corrected chi connectivity index (χ0v) is 25.9. The first kappa shape index (κ1) is 33.8. The van der Waals surface area contributed by atoms with Crippen LogP contribution in [0.25, 0.3) is 0 Å². The topological polar surface area (TPSA) is 147 Å². The van der Waals surface area contributed by atoms with Gasteiger partial charge in [0.2, 0.25) is 0 Å². The summed E-state index contributed by atoms with van der Waals surface area (Å²) in [4.78, 5) is 2.27. The Kier molecular flexibility index (Phi) is 12.3. The fourth-order valence-corrected chi connectivity index (χ4v) is 5.23. The molecule has 0 saturated carbocycles. The molecule has 9 nitrogen and oxygen atoms in total. The highest BCUT2D eigenvalue weighted by atomic mass is 32.2. The first-order valence-electron chi connectivity index (χ1n) is 13.7. The highest BCUT2D eigenvalue weighted by molar-refractivity contribution is 7.86. The molecule has 11 heteroatoms. The molecule has 4 N–H and O–H groups in total. The maximum absolute atomic E-state index is 10.5. The Balaban J connectivity index is 0.000000195. The Morgan fingerprint density at radius 2 is 1.28 bits per heavy atom. The third-order valence-electron chi connectivity index (χ3n) is 6.56. The molecular weight excluding hydrogens is 588 g/mol. The standard InChI is InChI=1S/C18H22N2O.2C7H8O3S/c19-11-5-12-20-13-10-16-8-4-9-17(18(16)20)21-14-15-6-2-1-3-7-15;2*1-6-2-4-7(5-3-6)11(8,9)10/h1-4,6-9H,5,10-14,19H2;2*2-5H,1H3,(H,8,9,10). The second-order valence-corrected chi connectivity index (χ2v) is 12.8. The Labute approximate surface area is 254 Å². The summed E-state index contributed by atoms with van der Waals surface area (Å²) in [5, 5.41) is 0. The zero-order chi connectivity index (χ0) is 31.5. The highest BCUT2D eigenvalue weighted by Crippen LogP contribution is 2.37. The largest absolute Gasteiger partial charge is 0.487 e. The summed E-state index contributed by atoms with van der Waals surface area (Å²) in [5.41, 5.74) is 11.4. The molecule has 1 aliphatic rings. The summed E-state index contributed by atoms with van der Waals surface area (Å²) >= 11 is 0. The number of ether oxygens (including phenoxy) is 1. The summed E-state index contributed by atoms with van der Waals surface area (Å²) in [6.45, 7) is 7.11. The molecule has 0 amide bonds. The van der Waals surface area contributed by atoms with Crippen LogP contribution < -0.4 is 15.4 Å². The number of para-hydroxylation sites is 1. The molecule has 0 radical (unpaired) electrons. The Morgan fingerprint density at radius 3 is 1.77 bits per heavy atom. The van der Waals surface area contributed by atoms with Gasteiger partial charge in [-0.3, -0.25) is 9.11 Å². The molecule has 0 bridgehead atoms. The minimum Gasteiger partial charge on any atom is -0.487 e. The molecule has 0 aliphatic carbocycles. The summed E-state index contributed by atoms with van der Waals surface area (Å²) in [7, 11) is -8.04. The number of benzene rings is 4. The van der Waals surface area contributed by atoms with Gasteiger partial charge in [-0.1, -0.05) is 77.9 Å². The Morgan fingerprint density at radius 1 is 0.744 bits per heavy atom. The molecule has 1 heterocycles. The van der Waals surface area contributed by atoms with Gasteiger partial charge in [0.15, 0.2) is 0 Å². The lowest BCUT2D eigenvalue weighted by Crippen LogP contribution is -2.24. The average Bonchev–Trinajstić information content (AvgIpc) is 3.39. The van der Waals surface area contributed by atoms with Gasteiger partial charge in [0.05, 0.1) is 15.5 Å². The molecule has 0 fully saturated rings. The zero-order valence-electron chi connectivity index (χ0n) is 24.3. The minimum atomic E-state index is -4.02. The van der Waals surface area contributed by atoms with E-state index in [2.05, 4.69) is 35.2 Å². The second-order valence-electron chi connectivity index (χ2n) is 9.99. The quantitative estimate of drug-likeness (QED) is 0.217. The van der Waals surface area contributed by atoms with Crippen molar-refractivity contribution < 1.29 is 30.7 Å². The monoisotopic (exact) mass is 626 g/mol. The van der Waals surface area contributed by atoms with Gasteiger partial charge in [-0.15, -0.1) is 0 Å². The van der Waals surface area contributed by atoms with E-state index in [9.17, 15) is 16.8 Å². The van der Waals surface area contributed by atoms with Crippen LogP contribution in [0.2, 0.25) is 0 Å². The molecule has 0 spiro atoms. The van der Waals surface area contributed by atoms with E-state index < -0.39 is 20.2 Å². The highest BCUT2D eigenvalue weighted by Gasteiger charge is 2.22. The van der Waals surface area contributed by atoms with Crippen LogP contribution in [0.3, 0.4) is 0 Å². The molecule has 0 unspecified atom stereocenters. The van der Waals surface area contributed by atoms with Crippen molar-refractivity contribution in [1.29, 1.82) is 0 Å². The predicted molar refractivity (Wildman–Crippen MR) is 169 cm³/mol. The van der Waals surface area contributed by atoms with E-state index in [1.165, 1.54) is 41.1 Å². The van der Waals surface area contributed by atoms with Crippen molar-refractivity contribution in [2.24, 2.45) is 5.73 Å². The SMILES string of the molecule is Cc1ccc(S(=O)(=O)O)cc1.Cc1ccc(S(=O)(=O)O)cc1.NCCCN1CCc2cccc(OCc3ccccc3)c21. The van der Waals surface area contributed by atoms with Crippen LogP contribution in [-0.4, -0.2) is 45.6 Å². The second kappa shape index (κ2) is 15.6. The van der Waals surface area contributed by atoms with Crippen molar-refractivity contribution in [3.63, 3.8) is 0 Å². The number of aryl methyl sites for hydroxylation is 2. The number of nitrogens with two attached hydrogens (primary N) is 1. The molecule has 5 rings (SSSR count). The minimum absolute atomic E-state index is 0.0666. The summed E-state index contributed by atoms with van der Waals surface area (Å²) in [6, 6.07) is 28.6. The Hall–Kier alpha value is -3.74. The van der Waals surface area contributed by atoms with Crippen molar-refractivity contribution in [2.75, 3.05) is 24.5 Å². The number of anilines is 1. The summed E-state index contributed by atoms with van der Waals surface area (Å²) < 4.78 is 65.2. The summed E-state index contributed by atoms with van der Waals surface area (Å²) in [6.07, 6.45) is 2.12. The third kappa shape index (κ3) is 10.8. The number of rotatable bonds is 8. The van der Waals surface area contributed by atoms with E-state index >= 15 is 0 Å².